The second kappa shape index (κ2) is 5.20. The third-order valence-electron chi connectivity index (χ3n) is 4.37. The zero-order chi connectivity index (χ0) is 14.1. The molecule has 2 aromatic rings. The Bertz CT molecular complexity index is 601. The fraction of sp³-hybridized carbons (Fsp3) is 0.333. The summed E-state index contributed by atoms with van der Waals surface area (Å²) in [6.07, 6.45) is 3.28. The van der Waals surface area contributed by atoms with Crippen LogP contribution < -0.4 is 0 Å². The minimum Gasteiger partial charge on any atom is -0.508 e. The first-order valence-corrected chi connectivity index (χ1v) is 7.29. The molecule has 2 aromatic carbocycles. The lowest BCUT2D eigenvalue weighted by atomic mass is 9.84. The van der Waals surface area contributed by atoms with Crippen molar-refractivity contribution < 1.29 is 10.2 Å². The first kappa shape index (κ1) is 13.0. The summed E-state index contributed by atoms with van der Waals surface area (Å²) in [5.74, 6) is 1.63. The molecule has 0 fully saturated rings. The average Bonchev–Trinajstić information content (AvgIpc) is 2.78. The van der Waals surface area contributed by atoms with Crippen LogP contribution in [0.5, 0.6) is 11.5 Å². The second-order valence-corrected chi connectivity index (χ2v) is 5.68. The molecule has 0 spiro atoms. The molecular weight excluding hydrogens is 248 g/mol. The van der Waals surface area contributed by atoms with Gasteiger partial charge in [0.25, 0.3) is 0 Å². The van der Waals surface area contributed by atoms with Gasteiger partial charge in [-0.25, -0.2) is 0 Å². The van der Waals surface area contributed by atoms with E-state index in [-0.39, 0.29) is 0 Å². The Morgan fingerprint density at radius 2 is 1.70 bits per heavy atom. The Hall–Kier alpha value is -1.96. The number of phenolic OH excluding ortho intramolecular Hbond substituents is 2. The zero-order valence-electron chi connectivity index (χ0n) is 11.7. The van der Waals surface area contributed by atoms with Gasteiger partial charge >= 0.3 is 0 Å². The number of hydrogen-bond acceptors (Lipinski definition) is 2. The smallest absolute Gasteiger partial charge is 0.115 e. The molecule has 1 aliphatic carbocycles. The number of hydrogen-bond donors (Lipinski definition) is 2. The van der Waals surface area contributed by atoms with Gasteiger partial charge in [0, 0.05) is 0 Å². The molecule has 2 heteroatoms. The van der Waals surface area contributed by atoms with Crippen molar-refractivity contribution in [1.29, 1.82) is 0 Å². The minimum absolute atomic E-state index is 0.314. The van der Waals surface area contributed by atoms with Gasteiger partial charge in [-0.15, -0.1) is 0 Å². The number of benzene rings is 2. The van der Waals surface area contributed by atoms with Crippen molar-refractivity contribution in [2.45, 2.75) is 38.0 Å². The highest BCUT2D eigenvalue weighted by Crippen LogP contribution is 2.47. The van der Waals surface area contributed by atoms with Gasteiger partial charge in [0.15, 0.2) is 0 Å². The SMILES string of the molecule is CCC[C@H]1c2ccc(O)cc2C[C@@H]1c1ccc(O)cc1. The molecule has 3 rings (SSSR count). The van der Waals surface area contributed by atoms with Crippen LogP contribution in [-0.4, -0.2) is 10.2 Å². The molecule has 0 aliphatic heterocycles. The molecule has 2 N–H and O–H groups in total. The van der Waals surface area contributed by atoms with Crippen LogP contribution in [0.3, 0.4) is 0 Å². The summed E-state index contributed by atoms with van der Waals surface area (Å²) in [7, 11) is 0. The van der Waals surface area contributed by atoms with E-state index >= 15 is 0 Å². The average molecular weight is 268 g/mol. The Morgan fingerprint density at radius 1 is 1.00 bits per heavy atom. The van der Waals surface area contributed by atoms with Gasteiger partial charge in [0.05, 0.1) is 0 Å². The van der Waals surface area contributed by atoms with Crippen LogP contribution in [0.25, 0.3) is 0 Å². The second-order valence-electron chi connectivity index (χ2n) is 5.68. The van der Waals surface area contributed by atoms with E-state index in [1.807, 2.05) is 18.2 Å². The van der Waals surface area contributed by atoms with Crippen molar-refractivity contribution >= 4 is 0 Å². The largest absolute Gasteiger partial charge is 0.508 e. The molecule has 104 valence electrons. The van der Waals surface area contributed by atoms with Crippen LogP contribution in [0.2, 0.25) is 0 Å². The molecule has 0 unspecified atom stereocenters. The van der Waals surface area contributed by atoms with E-state index in [0.717, 1.165) is 19.3 Å². The summed E-state index contributed by atoms with van der Waals surface area (Å²) < 4.78 is 0. The fourth-order valence-electron chi connectivity index (χ4n) is 3.47. The molecule has 2 nitrogen and oxygen atoms in total. The lowest BCUT2D eigenvalue weighted by Crippen LogP contribution is -2.06. The van der Waals surface area contributed by atoms with Crippen molar-refractivity contribution in [3.05, 3.63) is 59.2 Å². The Balaban J connectivity index is 1.98. The number of phenols is 2. The van der Waals surface area contributed by atoms with Crippen LogP contribution in [-0.2, 0) is 6.42 Å². The molecule has 0 radical (unpaired) electrons. The van der Waals surface area contributed by atoms with Crippen LogP contribution in [0.1, 0.15) is 48.3 Å². The summed E-state index contributed by atoms with van der Waals surface area (Å²) in [6.45, 7) is 2.21. The number of fused-ring (bicyclic) bond motifs is 1. The van der Waals surface area contributed by atoms with E-state index in [4.69, 9.17) is 0 Å². The number of aromatic hydroxyl groups is 2. The van der Waals surface area contributed by atoms with Gasteiger partial charge in [0.2, 0.25) is 0 Å². The molecule has 1 aliphatic rings. The van der Waals surface area contributed by atoms with E-state index in [1.165, 1.54) is 16.7 Å². The van der Waals surface area contributed by atoms with Gasteiger partial charge in [-0.1, -0.05) is 31.5 Å². The van der Waals surface area contributed by atoms with Gasteiger partial charge < -0.3 is 10.2 Å². The molecule has 0 aromatic heterocycles. The predicted octanol–water partition coefficient (Wildman–Crippen LogP) is 4.32. The summed E-state index contributed by atoms with van der Waals surface area (Å²) >= 11 is 0. The summed E-state index contributed by atoms with van der Waals surface area (Å²) in [5.41, 5.74) is 3.92. The van der Waals surface area contributed by atoms with Crippen LogP contribution >= 0.6 is 0 Å². The standard InChI is InChI=1S/C18H20O2/c1-2-3-17-16-9-8-15(20)10-13(16)11-18(17)12-4-6-14(19)7-5-12/h4-10,17-20H,2-3,11H2,1H3/t17-,18+/m0/s1. The molecule has 20 heavy (non-hydrogen) atoms. The van der Waals surface area contributed by atoms with E-state index in [9.17, 15) is 10.2 Å². The highest BCUT2D eigenvalue weighted by atomic mass is 16.3. The summed E-state index contributed by atoms with van der Waals surface area (Å²) in [4.78, 5) is 0. The third kappa shape index (κ3) is 2.26. The molecule has 0 saturated carbocycles. The lowest BCUT2D eigenvalue weighted by molar-refractivity contribution is 0.473. The molecule has 0 bridgehead atoms. The monoisotopic (exact) mass is 268 g/mol. The van der Waals surface area contributed by atoms with E-state index in [2.05, 4.69) is 13.0 Å². The van der Waals surface area contributed by atoms with Gasteiger partial charge in [-0.2, -0.15) is 0 Å². The Labute approximate surface area is 119 Å². The van der Waals surface area contributed by atoms with E-state index < -0.39 is 0 Å². The maximum atomic E-state index is 9.67. The maximum absolute atomic E-state index is 9.67. The van der Waals surface area contributed by atoms with E-state index in [1.54, 1.807) is 18.2 Å². The maximum Gasteiger partial charge on any atom is 0.115 e. The highest BCUT2D eigenvalue weighted by molar-refractivity contribution is 5.45. The van der Waals surface area contributed by atoms with E-state index in [0.29, 0.717) is 23.3 Å². The Kier molecular flexibility index (Phi) is 3.39. The van der Waals surface area contributed by atoms with Crippen molar-refractivity contribution in [2.75, 3.05) is 0 Å². The molecular formula is C18H20O2. The molecule has 2 atom stereocenters. The normalized spacial score (nSPS) is 20.9. The topological polar surface area (TPSA) is 40.5 Å². The predicted molar refractivity (Wildman–Crippen MR) is 80.3 cm³/mol. The summed E-state index contributed by atoms with van der Waals surface area (Å²) in [5, 5.41) is 19.1. The van der Waals surface area contributed by atoms with Crippen molar-refractivity contribution in [3.8, 4) is 11.5 Å². The minimum atomic E-state index is 0.314. The Morgan fingerprint density at radius 3 is 2.40 bits per heavy atom. The zero-order valence-corrected chi connectivity index (χ0v) is 11.7. The van der Waals surface area contributed by atoms with Gasteiger partial charge in [0.1, 0.15) is 11.5 Å². The quantitative estimate of drug-likeness (QED) is 0.870. The van der Waals surface area contributed by atoms with Crippen molar-refractivity contribution in [3.63, 3.8) is 0 Å². The first-order valence-electron chi connectivity index (χ1n) is 7.29. The van der Waals surface area contributed by atoms with Crippen LogP contribution in [0, 0.1) is 0 Å². The van der Waals surface area contributed by atoms with Gasteiger partial charge in [-0.05, 0) is 65.6 Å². The fourth-order valence-corrected chi connectivity index (χ4v) is 3.47. The summed E-state index contributed by atoms with van der Waals surface area (Å²) in [6, 6.07) is 13.3. The molecule has 0 heterocycles. The van der Waals surface area contributed by atoms with Crippen LogP contribution in [0.4, 0.5) is 0 Å². The van der Waals surface area contributed by atoms with Gasteiger partial charge in [-0.3, -0.25) is 0 Å². The number of rotatable bonds is 3. The molecule has 0 amide bonds. The van der Waals surface area contributed by atoms with Crippen LogP contribution in [0.15, 0.2) is 42.5 Å². The molecule has 0 saturated heterocycles. The third-order valence-corrected chi connectivity index (χ3v) is 4.37. The highest BCUT2D eigenvalue weighted by Gasteiger charge is 2.32. The lowest BCUT2D eigenvalue weighted by Gasteiger charge is -2.20. The first-order chi connectivity index (χ1) is 9.69. The van der Waals surface area contributed by atoms with Crippen molar-refractivity contribution in [2.24, 2.45) is 0 Å². The van der Waals surface area contributed by atoms with Crippen molar-refractivity contribution in [1.82, 2.24) is 0 Å².